The van der Waals surface area contributed by atoms with Gasteiger partial charge in [0.2, 0.25) is 0 Å². The highest BCUT2D eigenvalue weighted by Crippen LogP contribution is 2.24. The van der Waals surface area contributed by atoms with Crippen molar-refractivity contribution in [2.24, 2.45) is 0 Å². The number of epoxide rings is 1. The number of benzene rings is 2. The van der Waals surface area contributed by atoms with Gasteiger partial charge in [0.15, 0.2) is 0 Å². The third-order valence-corrected chi connectivity index (χ3v) is 3.46. The van der Waals surface area contributed by atoms with E-state index in [2.05, 4.69) is 0 Å². The zero-order valence-electron chi connectivity index (χ0n) is 11.5. The Morgan fingerprint density at radius 1 is 1.15 bits per heavy atom. The van der Waals surface area contributed by atoms with E-state index >= 15 is 0 Å². The van der Waals surface area contributed by atoms with Gasteiger partial charge in [-0.15, -0.1) is 0 Å². The summed E-state index contributed by atoms with van der Waals surface area (Å²) in [5.74, 6) is 0.0235. The molecule has 3 heteroatoms. The minimum atomic E-state index is 0.0235. The summed E-state index contributed by atoms with van der Waals surface area (Å²) >= 11 is 0. The van der Waals surface area contributed by atoms with Gasteiger partial charge in [-0.3, -0.25) is 4.79 Å². The molecule has 1 fully saturated rings. The molecule has 0 aromatic heterocycles. The summed E-state index contributed by atoms with van der Waals surface area (Å²) in [6.07, 6.45) is 0.169. The fraction of sp³-hybridized carbons (Fsp3) is 0.235. The fourth-order valence-corrected chi connectivity index (χ4v) is 2.27. The maximum atomic E-state index is 12.7. The second kappa shape index (κ2) is 5.47. The van der Waals surface area contributed by atoms with Crippen molar-refractivity contribution in [2.75, 3.05) is 18.1 Å². The SMILES string of the molecule is Cc1ccccc1N(CC1CO1)C(=O)c1ccccc1. The highest BCUT2D eigenvalue weighted by atomic mass is 16.6. The van der Waals surface area contributed by atoms with Crippen molar-refractivity contribution < 1.29 is 9.53 Å². The molecule has 20 heavy (non-hydrogen) atoms. The highest BCUT2D eigenvalue weighted by molar-refractivity contribution is 6.06. The van der Waals surface area contributed by atoms with Gasteiger partial charge in [0.1, 0.15) is 0 Å². The van der Waals surface area contributed by atoms with Crippen molar-refractivity contribution in [3.8, 4) is 0 Å². The normalized spacial score (nSPS) is 16.8. The number of carbonyl (C=O) groups excluding carboxylic acids is 1. The van der Waals surface area contributed by atoms with Crippen LogP contribution in [0.4, 0.5) is 5.69 Å². The Balaban J connectivity index is 1.94. The number of ether oxygens (including phenoxy) is 1. The third kappa shape index (κ3) is 2.73. The predicted octanol–water partition coefficient (Wildman–Crippen LogP) is 3.04. The minimum absolute atomic E-state index is 0.0235. The second-order valence-electron chi connectivity index (χ2n) is 5.02. The smallest absolute Gasteiger partial charge is 0.258 e. The number of hydrogen-bond acceptors (Lipinski definition) is 2. The predicted molar refractivity (Wildman–Crippen MR) is 79.0 cm³/mol. The largest absolute Gasteiger partial charge is 0.371 e. The van der Waals surface area contributed by atoms with Crippen LogP contribution in [0.25, 0.3) is 0 Å². The Kier molecular flexibility index (Phi) is 3.52. The lowest BCUT2D eigenvalue weighted by Gasteiger charge is -2.24. The maximum Gasteiger partial charge on any atom is 0.258 e. The summed E-state index contributed by atoms with van der Waals surface area (Å²) in [6, 6.07) is 17.3. The first-order chi connectivity index (χ1) is 9.75. The molecule has 1 atom stereocenters. The number of anilines is 1. The molecular weight excluding hydrogens is 250 g/mol. The van der Waals surface area contributed by atoms with E-state index in [0.717, 1.165) is 17.9 Å². The van der Waals surface area contributed by atoms with Gasteiger partial charge in [0.05, 0.1) is 19.3 Å². The van der Waals surface area contributed by atoms with Gasteiger partial charge in [-0.1, -0.05) is 36.4 Å². The molecular formula is C17H17NO2. The third-order valence-electron chi connectivity index (χ3n) is 3.46. The zero-order valence-corrected chi connectivity index (χ0v) is 11.5. The van der Waals surface area contributed by atoms with Crippen molar-refractivity contribution in [2.45, 2.75) is 13.0 Å². The van der Waals surface area contributed by atoms with Crippen molar-refractivity contribution in [1.29, 1.82) is 0 Å². The Hall–Kier alpha value is -2.13. The molecule has 0 N–H and O–H groups in total. The summed E-state index contributed by atoms with van der Waals surface area (Å²) in [4.78, 5) is 14.6. The Morgan fingerprint density at radius 3 is 2.45 bits per heavy atom. The number of hydrogen-bond donors (Lipinski definition) is 0. The fourth-order valence-electron chi connectivity index (χ4n) is 2.27. The number of carbonyl (C=O) groups is 1. The first-order valence-corrected chi connectivity index (χ1v) is 6.80. The zero-order chi connectivity index (χ0) is 13.9. The van der Waals surface area contributed by atoms with Crippen LogP contribution in [0.15, 0.2) is 54.6 Å². The van der Waals surface area contributed by atoms with E-state index in [4.69, 9.17) is 4.74 Å². The van der Waals surface area contributed by atoms with Crippen LogP contribution in [0, 0.1) is 6.92 Å². The van der Waals surface area contributed by atoms with E-state index < -0.39 is 0 Å². The summed E-state index contributed by atoms with van der Waals surface area (Å²) in [5.41, 5.74) is 2.76. The molecule has 0 saturated carbocycles. The molecule has 1 aliphatic heterocycles. The molecule has 0 aliphatic carbocycles. The molecule has 2 aromatic carbocycles. The average Bonchev–Trinajstić information content (AvgIpc) is 3.30. The minimum Gasteiger partial charge on any atom is -0.371 e. The van der Waals surface area contributed by atoms with Crippen LogP contribution in [-0.4, -0.2) is 25.2 Å². The molecule has 1 amide bonds. The summed E-state index contributed by atoms with van der Waals surface area (Å²) in [7, 11) is 0. The summed E-state index contributed by atoms with van der Waals surface area (Å²) in [6.45, 7) is 3.37. The van der Waals surface area contributed by atoms with Gasteiger partial charge >= 0.3 is 0 Å². The molecule has 1 heterocycles. The van der Waals surface area contributed by atoms with Gasteiger partial charge in [-0.05, 0) is 30.7 Å². The first kappa shape index (κ1) is 12.9. The molecule has 102 valence electrons. The van der Waals surface area contributed by atoms with Gasteiger partial charge in [0.25, 0.3) is 5.91 Å². The van der Waals surface area contributed by atoms with Gasteiger partial charge in [-0.25, -0.2) is 0 Å². The molecule has 0 spiro atoms. The van der Waals surface area contributed by atoms with E-state index in [-0.39, 0.29) is 12.0 Å². The molecule has 0 bridgehead atoms. The van der Waals surface area contributed by atoms with Crippen LogP contribution in [0.1, 0.15) is 15.9 Å². The quantitative estimate of drug-likeness (QED) is 0.798. The number of aryl methyl sites for hydroxylation is 1. The molecule has 3 rings (SSSR count). The average molecular weight is 267 g/mol. The second-order valence-corrected chi connectivity index (χ2v) is 5.02. The van der Waals surface area contributed by atoms with Crippen molar-refractivity contribution in [3.63, 3.8) is 0 Å². The Labute approximate surface area is 118 Å². The highest BCUT2D eigenvalue weighted by Gasteiger charge is 2.29. The van der Waals surface area contributed by atoms with E-state index in [1.54, 1.807) is 0 Å². The summed E-state index contributed by atoms with van der Waals surface area (Å²) < 4.78 is 5.29. The molecule has 1 saturated heterocycles. The topological polar surface area (TPSA) is 32.8 Å². The van der Waals surface area contributed by atoms with Crippen molar-refractivity contribution in [3.05, 3.63) is 65.7 Å². The monoisotopic (exact) mass is 267 g/mol. The molecule has 0 radical (unpaired) electrons. The van der Waals surface area contributed by atoms with Gasteiger partial charge in [-0.2, -0.15) is 0 Å². The number of rotatable bonds is 4. The lowest BCUT2D eigenvalue weighted by molar-refractivity contribution is 0.0984. The number of nitrogens with zero attached hydrogens (tertiary/aromatic N) is 1. The van der Waals surface area contributed by atoms with Crippen LogP contribution in [0.5, 0.6) is 0 Å². The first-order valence-electron chi connectivity index (χ1n) is 6.80. The Morgan fingerprint density at radius 2 is 1.80 bits per heavy atom. The van der Waals surface area contributed by atoms with E-state index in [9.17, 15) is 4.79 Å². The van der Waals surface area contributed by atoms with Crippen molar-refractivity contribution >= 4 is 11.6 Å². The van der Waals surface area contributed by atoms with Crippen LogP contribution in [0.2, 0.25) is 0 Å². The lowest BCUT2D eigenvalue weighted by Crippen LogP contribution is -2.34. The van der Waals surface area contributed by atoms with E-state index in [0.29, 0.717) is 12.1 Å². The maximum absolute atomic E-state index is 12.7. The van der Waals surface area contributed by atoms with Crippen LogP contribution in [0.3, 0.4) is 0 Å². The van der Waals surface area contributed by atoms with E-state index in [1.807, 2.05) is 66.4 Å². The standard InChI is InChI=1S/C17H17NO2/c1-13-7-5-6-10-16(13)18(11-15-12-20-15)17(19)14-8-3-2-4-9-14/h2-10,15H,11-12H2,1H3. The van der Waals surface area contributed by atoms with Gasteiger partial charge in [0, 0.05) is 11.3 Å². The van der Waals surface area contributed by atoms with Crippen LogP contribution in [-0.2, 0) is 4.74 Å². The summed E-state index contributed by atoms with van der Waals surface area (Å²) in [5, 5.41) is 0. The van der Waals surface area contributed by atoms with E-state index in [1.165, 1.54) is 0 Å². The molecule has 3 nitrogen and oxygen atoms in total. The number of amides is 1. The van der Waals surface area contributed by atoms with Crippen LogP contribution >= 0.6 is 0 Å². The number of para-hydroxylation sites is 1. The molecule has 2 aromatic rings. The Bertz CT molecular complexity index is 605. The lowest BCUT2D eigenvalue weighted by atomic mass is 10.1. The van der Waals surface area contributed by atoms with Crippen LogP contribution < -0.4 is 4.90 Å². The molecule has 1 unspecified atom stereocenters. The van der Waals surface area contributed by atoms with Crippen molar-refractivity contribution in [1.82, 2.24) is 0 Å². The molecule has 1 aliphatic rings. The van der Waals surface area contributed by atoms with Gasteiger partial charge < -0.3 is 9.64 Å².